The number of nitrogen functional groups attached to an aromatic ring is 2. The normalized spacial score (nSPS) is 15.1. The molecule has 0 aromatic carbocycles. The molecule has 0 radical (unpaired) electrons. The van der Waals surface area contributed by atoms with Crippen LogP contribution in [0.2, 0.25) is 0 Å². The van der Waals surface area contributed by atoms with Crippen molar-refractivity contribution in [2.75, 3.05) is 24.7 Å². The molecule has 1 aliphatic carbocycles. The van der Waals surface area contributed by atoms with E-state index in [2.05, 4.69) is 17.1 Å². The van der Waals surface area contributed by atoms with Crippen LogP contribution in [-0.2, 0) is 22.3 Å². The molecule has 0 saturated heterocycles. The summed E-state index contributed by atoms with van der Waals surface area (Å²) in [6, 6.07) is 0. The molecule has 1 aliphatic rings. The first-order valence-electron chi connectivity index (χ1n) is 11.7. The third-order valence-corrected chi connectivity index (χ3v) is 7.27. The predicted molar refractivity (Wildman–Crippen MR) is 134 cm³/mol. The quantitative estimate of drug-likeness (QED) is 0.368. The van der Waals surface area contributed by atoms with Crippen molar-refractivity contribution in [1.82, 2.24) is 29.5 Å². The zero-order valence-corrected chi connectivity index (χ0v) is 21.0. The van der Waals surface area contributed by atoms with Gasteiger partial charge in [0.1, 0.15) is 27.6 Å². The topological polar surface area (TPSA) is 166 Å². The minimum absolute atomic E-state index is 0.0503. The lowest BCUT2D eigenvalue weighted by Gasteiger charge is -2.18. The first-order valence-corrected chi connectivity index (χ1v) is 12.5. The van der Waals surface area contributed by atoms with Crippen molar-refractivity contribution in [1.29, 1.82) is 0 Å². The van der Waals surface area contributed by atoms with Crippen LogP contribution in [0.4, 0.5) is 11.6 Å². The standard InChI is InChI=1S/C23H26N8O4S/c1-4-34-21(32)13-9-26-30(17(13)24)19-16-12-7-6-11(3)8-15(12)36-20(16)29-23(28-19)31-18(25)14(10-27-31)22(33)35-5-2/h9-11H,4-8,24-25H2,1-3H3/t11-/m0/s1. The van der Waals surface area contributed by atoms with Gasteiger partial charge in [0.25, 0.3) is 5.95 Å². The number of aromatic nitrogens is 6. The number of nitrogens with two attached hydrogens (primary N) is 2. The lowest BCUT2D eigenvalue weighted by Crippen LogP contribution is -2.14. The first kappa shape index (κ1) is 23.7. The first-order chi connectivity index (χ1) is 17.3. The molecule has 5 rings (SSSR count). The number of ether oxygens (including phenoxy) is 2. The van der Waals surface area contributed by atoms with E-state index in [1.165, 1.54) is 26.6 Å². The zero-order chi connectivity index (χ0) is 25.6. The molecule has 0 spiro atoms. The van der Waals surface area contributed by atoms with Gasteiger partial charge in [-0.15, -0.1) is 11.3 Å². The monoisotopic (exact) mass is 510 g/mol. The molecule has 0 unspecified atom stereocenters. The number of carbonyl (C=O) groups is 2. The Morgan fingerprint density at radius 1 is 1.03 bits per heavy atom. The molecular formula is C23H26N8O4S. The van der Waals surface area contributed by atoms with Gasteiger partial charge in [0, 0.05) is 4.88 Å². The number of anilines is 2. The number of hydrogen-bond acceptors (Lipinski definition) is 11. The van der Waals surface area contributed by atoms with E-state index in [4.69, 9.17) is 30.9 Å². The largest absolute Gasteiger partial charge is 0.462 e. The Hall–Kier alpha value is -4.00. The number of rotatable bonds is 6. The fourth-order valence-corrected chi connectivity index (χ4v) is 5.71. The van der Waals surface area contributed by atoms with Crippen molar-refractivity contribution in [3.8, 4) is 11.8 Å². The lowest BCUT2D eigenvalue weighted by atomic mass is 9.89. The van der Waals surface area contributed by atoms with Crippen LogP contribution < -0.4 is 11.5 Å². The maximum atomic E-state index is 12.4. The fraction of sp³-hybridized carbons (Fsp3) is 0.391. The van der Waals surface area contributed by atoms with Gasteiger partial charge < -0.3 is 20.9 Å². The van der Waals surface area contributed by atoms with Crippen molar-refractivity contribution in [3.63, 3.8) is 0 Å². The summed E-state index contributed by atoms with van der Waals surface area (Å²) in [4.78, 5) is 36.1. The van der Waals surface area contributed by atoms with Gasteiger partial charge in [0.2, 0.25) is 0 Å². The van der Waals surface area contributed by atoms with Crippen molar-refractivity contribution < 1.29 is 19.1 Å². The number of nitrogens with zero attached hydrogens (tertiary/aromatic N) is 6. The SMILES string of the molecule is CCOC(=O)c1cnn(-c2nc(-n3ncc(C(=O)OCC)c3N)c3c4c(sc3n2)C[C@@H](C)CC4)c1N. The van der Waals surface area contributed by atoms with Crippen molar-refractivity contribution in [2.45, 2.75) is 40.0 Å². The minimum Gasteiger partial charge on any atom is -0.462 e. The van der Waals surface area contributed by atoms with Gasteiger partial charge in [-0.1, -0.05) is 6.92 Å². The maximum Gasteiger partial charge on any atom is 0.343 e. The van der Waals surface area contributed by atoms with Gasteiger partial charge in [-0.2, -0.15) is 29.5 Å². The smallest absolute Gasteiger partial charge is 0.343 e. The molecule has 0 fully saturated rings. The van der Waals surface area contributed by atoms with Crippen LogP contribution >= 0.6 is 11.3 Å². The van der Waals surface area contributed by atoms with Crippen LogP contribution in [0.3, 0.4) is 0 Å². The molecule has 0 saturated carbocycles. The van der Waals surface area contributed by atoms with E-state index in [-0.39, 0.29) is 41.9 Å². The molecule has 4 N–H and O–H groups in total. The van der Waals surface area contributed by atoms with E-state index in [0.29, 0.717) is 16.6 Å². The number of esters is 2. The number of aryl methyl sites for hydroxylation is 1. The average molecular weight is 511 g/mol. The maximum absolute atomic E-state index is 12.4. The Morgan fingerprint density at radius 2 is 1.64 bits per heavy atom. The zero-order valence-electron chi connectivity index (χ0n) is 20.1. The van der Waals surface area contributed by atoms with Gasteiger partial charge in [-0.3, -0.25) is 0 Å². The summed E-state index contributed by atoms with van der Waals surface area (Å²) in [5.74, 6) is 0.105. The highest BCUT2D eigenvalue weighted by atomic mass is 32.1. The Labute approximate surface area is 210 Å². The van der Waals surface area contributed by atoms with Crippen LogP contribution in [0, 0.1) is 5.92 Å². The number of thiophene rings is 1. The van der Waals surface area contributed by atoms with E-state index in [0.717, 1.165) is 30.2 Å². The molecular weight excluding hydrogens is 484 g/mol. The fourth-order valence-electron chi connectivity index (χ4n) is 4.34. The molecule has 12 nitrogen and oxygen atoms in total. The van der Waals surface area contributed by atoms with Crippen LogP contribution in [0.5, 0.6) is 0 Å². The lowest BCUT2D eigenvalue weighted by molar-refractivity contribution is 0.0518. The summed E-state index contributed by atoms with van der Waals surface area (Å²) >= 11 is 1.58. The summed E-state index contributed by atoms with van der Waals surface area (Å²) in [5, 5.41) is 9.43. The highest BCUT2D eigenvalue weighted by Crippen LogP contribution is 2.40. The Bertz CT molecular complexity index is 1490. The molecule has 188 valence electrons. The van der Waals surface area contributed by atoms with E-state index in [1.807, 2.05) is 0 Å². The molecule has 0 bridgehead atoms. The van der Waals surface area contributed by atoms with Gasteiger partial charge in [-0.05, 0) is 44.6 Å². The van der Waals surface area contributed by atoms with Gasteiger partial charge in [-0.25, -0.2) is 9.59 Å². The Kier molecular flexibility index (Phi) is 6.08. The predicted octanol–water partition coefficient (Wildman–Crippen LogP) is 2.71. The third kappa shape index (κ3) is 3.85. The van der Waals surface area contributed by atoms with Crippen LogP contribution in [0.1, 0.15) is 58.3 Å². The second-order valence-corrected chi connectivity index (χ2v) is 9.61. The summed E-state index contributed by atoms with van der Waals surface area (Å²) in [6.45, 7) is 6.07. The van der Waals surface area contributed by atoms with Crippen molar-refractivity contribution in [3.05, 3.63) is 34.0 Å². The number of hydrogen-bond donors (Lipinski definition) is 2. The second-order valence-electron chi connectivity index (χ2n) is 8.53. The summed E-state index contributed by atoms with van der Waals surface area (Å²) in [7, 11) is 0. The molecule has 36 heavy (non-hydrogen) atoms. The van der Waals surface area contributed by atoms with E-state index >= 15 is 0 Å². The van der Waals surface area contributed by atoms with Crippen LogP contribution in [0.15, 0.2) is 12.4 Å². The molecule has 13 heteroatoms. The summed E-state index contributed by atoms with van der Waals surface area (Å²) < 4.78 is 12.9. The molecule has 0 amide bonds. The van der Waals surface area contributed by atoms with E-state index in [1.54, 1.807) is 25.2 Å². The van der Waals surface area contributed by atoms with Crippen molar-refractivity contribution in [2.24, 2.45) is 5.92 Å². The minimum atomic E-state index is -0.585. The van der Waals surface area contributed by atoms with E-state index in [9.17, 15) is 9.59 Å². The van der Waals surface area contributed by atoms with Crippen LogP contribution in [-0.4, -0.2) is 54.7 Å². The summed E-state index contributed by atoms with van der Waals surface area (Å²) in [6.07, 6.45) is 5.53. The average Bonchev–Trinajstić information content (AvgIpc) is 3.52. The second kappa shape index (κ2) is 9.22. The van der Waals surface area contributed by atoms with Crippen LogP contribution in [0.25, 0.3) is 22.0 Å². The Balaban J connectivity index is 1.72. The molecule has 4 aromatic rings. The molecule has 4 aromatic heterocycles. The molecule has 4 heterocycles. The molecule has 1 atom stereocenters. The third-order valence-electron chi connectivity index (χ3n) is 6.12. The van der Waals surface area contributed by atoms with Gasteiger partial charge in [0.15, 0.2) is 5.82 Å². The highest BCUT2D eigenvalue weighted by molar-refractivity contribution is 7.19. The Morgan fingerprint density at radius 3 is 2.28 bits per heavy atom. The van der Waals surface area contributed by atoms with E-state index < -0.39 is 11.9 Å². The van der Waals surface area contributed by atoms with Gasteiger partial charge in [0.05, 0.1) is 31.0 Å². The summed E-state index contributed by atoms with van der Waals surface area (Å²) in [5.41, 5.74) is 14.0. The van der Waals surface area contributed by atoms with Gasteiger partial charge >= 0.3 is 11.9 Å². The number of fused-ring (bicyclic) bond motifs is 3. The number of carbonyl (C=O) groups excluding carboxylic acids is 2. The van der Waals surface area contributed by atoms with Crippen molar-refractivity contribution >= 4 is 45.1 Å². The highest BCUT2D eigenvalue weighted by Gasteiger charge is 2.28. The molecule has 0 aliphatic heterocycles.